The Morgan fingerprint density at radius 1 is 1.55 bits per heavy atom. The van der Waals surface area contributed by atoms with Gasteiger partial charge in [0.05, 0.1) is 18.6 Å². The molecule has 0 bridgehead atoms. The Bertz CT molecular complexity index is 736. The molecular formula is C14H13N3O5. The first kappa shape index (κ1) is 15.2. The van der Waals surface area contributed by atoms with Gasteiger partial charge in [-0.3, -0.25) is 14.8 Å². The van der Waals surface area contributed by atoms with E-state index in [9.17, 15) is 14.9 Å². The van der Waals surface area contributed by atoms with Crippen molar-refractivity contribution in [3.63, 3.8) is 0 Å². The van der Waals surface area contributed by atoms with Gasteiger partial charge in [0, 0.05) is 11.6 Å². The second-order valence-electron chi connectivity index (χ2n) is 4.40. The summed E-state index contributed by atoms with van der Waals surface area (Å²) in [4.78, 5) is 20.7. The number of hydrogen-bond donors (Lipinski definition) is 1. The fourth-order valence-corrected chi connectivity index (χ4v) is 1.90. The second kappa shape index (κ2) is 6.53. The molecular weight excluding hydrogens is 290 g/mol. The number of rotatable bonds is 6. The zero-order valence-electron chi connectivity index (χ0n) is 11.7. The van der Waals surface area contributed by atoms with E-state index < -0.39 is 10.9 Å². The van der Waals surface area contributed by atoms with Crippen molar-refractivity contribution in [3.8, 4) is 5.75 Å². The van der Waals surface area contributed by atoms with Crippen LogP contribution in [0.5, 0.6) is 5.75 Å². The number of carboxylic acids is 1. The van der Waals surface area contributed by atoms with Gasteiger partial charge in [-0.25, -0.2) is 4.79 Å². The predicted molar refractivity (Wildman–Crippen MR) is 77.6 cm³/mol. The summed E-state index contributed by atoms with van der Waals surface area (Å²) in [6.45, 7) is 0.270. The van der Waals surface area contributed by atoms with Gasteiger partial charge >= 0.3 is 11.7 Å². The molecule has 0 fully saturated rings. The molecule has 1 N–H and O–H groups in total. The molecule has 0 saturated heterocycles. The molecule has 0 saturated carbocycles. The van der Waals surface area contributed by atoms with E-state index in [2.05, 4.69) is 5.10 Å². The summed E-state index contributed by atoms with van der Waals surface area (Å²) in [7, 11) is 1.51. The highest BCUT2D eigenvalue weighted by atomic mass is 16.6. The van der Waals surface area contributed by atoms with Crippen LogP contribution in [0.15, 0.2) is 36.7 Å². The van der Waals surface area contributed by atoms with Gasteiger partial charge in [-0.2, -0.15) is 5.10 Å². The number of carbonyl (C=O) groups is 1. The molecule has 0 spiro atoms. The Morgan fingerprint density at radius 2 is 2.32 bits per heavy atom. The van der Waals surface area contributed by atoms with Crippen LogP contribution in [-0.4, -0.2) is 32.9 Å². The number of aliphatic carboxylic acids is 1. The third-order valence-electron chi connectivity index (χ3n) is 2.89. The second-order valence-corrected chi connectivity index (χ2v) is 4.40. The molecule has 0 radical (unpaired) electrons. The topological polar surface area (TPSA) is 107 Å². The number of nitro groups is 1. The van der Waals surface area contributed by atoms with Crippen molar-refractivity contribution < 1.29 is 19.6 Å². The SMILES string of the molecule is COc1ccc(/C=C/C(=O)O)cc1Cn1cc([N+](=O)[O-])cn1. The van der Waals surface area contributed by atoms with Crippen molar-refractivity contribution in [3.05, 3.63) is 57.9 Å². The maximum atomic E-state index is 10.7. The van der Waals surface area contributed by atoms with E-state index in [0.717, 1.165) is 11.6 Å². The molecule has 2 aromatic rings. The van der Waals surface area contributed by atoms with Crippen LogP contribution in [0, 0.1) is 10.1 Å². The highest BCUT2D eigenvalue weighted by Crippen LogP contribution is 2.22. The minimum atomic E-state index is -1.04. The lowest BCUT2D eigenvalue weighted by molar-refractivity contribution is -0.385. The summed E-state index contributed by atoms with van der Waals surface area (Å²) in [5, 5.41) is 23.2. The number of aromatic nitrogens is 2. The van der Waals surface area contributed by atoms with Gasteiger partial charge < -0.3 is 9.84 Å². The highest BCUT2D eigenvalue weighted by molar-refractivity contribution is 5.85. The Morgan fingerprint density at radius 3 is 2.91 bits per heavy atom. The minimum absolute atomic E-state index is 0.0964. The first-order valence-corrected chi connectivity index (χ1v) is 6.24. The molecule has 0 unspecified atom stereocenters. The van der Waals surface area contributed by atoms with Gasteiger partial charge in [-0.05, 0) is 23.8 Å². The van der Waals surface area contributed by atoms with E-state index in [0.29, 0.717) is 11.3 Å². The van der Waals surface area contributed by atoms with E-state index >= 15 is 0 Å². The monoisotopic (exact) mass is 303 g/mol. The molecule has 0 amide bonds. The van der Waals surface area contributed by atoms with Gasteiger partial charge in [0.15, 0.2) is 0 Å². The van der Waals surface area contributed by atoms with Crippen LogP contribution in [0.25, 0.3) is 6.08 Å². The van der Waals surface area contributed by atoms with Gasteiger partial charge in [0.25, 0.3) is 0 Å². The molecule has 114 valence electrons. The molecule has 0 aliphatic carbocycles. The standard InChI is InChI=1S/C14H13N3O5/c1-22-13-4-2-10(3-5-14(18)19)6-11(13)8-16-9-12(7-15-16)17(20)21/h2-7,9H,8H2,1H3,(H,18,19)/b5-3+. The van der Waals surface area contributed by atoms with E-state index in [1.165, 1.54) is 30.3 Å². The first-order chi connectivity index (χ1) is 10.5. The van der Waals surface area contributed by atoms with Gasteiger partial charge in [0.2, 0.25) is 0 Å². The third kappa shape index (κ3) is 3.69. The van der Waals surface area contributed by atoms with E-state index in [-0.39, 0.29) is 12.2 Å². The summed E-state index contributed by atoms with van der Waals surface area (Å²) in [6.07, 6.45) is 4.97. The smallest absolute Gasteiger partial charge is 0.328 e. The number of methoxy groups -OCH3 is 1. The lowest BCUT2D eigenvalue weighted by Gasteiger charge is -2.09. The number of benzene rings is 1. The van der Waals surface area contributed by atoms with Crippen LogP contribution < -0.4 is 4.74 Å². The van der Waals surface area contributed by atoms with Crippen molar-refractivity contribution in [2.75, 3.05) is 7.11 Å². The molecule has 8 heteroatoms. The van der Waals surface area contributed by atoms with Crippen molar-refractivity contribution in [2.24, 2.45) is 0 Å². The number of nitrogens with zero attached hydrogens (tertiary/aromatic N) is 3. The van der Waals surface area contributed by atoms with Gasteiger partial charge in [0.1, 0.15) is 18.1 Å². The highest BCUT2D eigenvalue weighted by Gasteiger charge is 2.11. The normalized spacial score (nSPS) is 10.8. The maximum absolute atomic E-state index is 10.7. The molecule has 0 atom stereocenters. The Kier molecular flexibility index (Phi) is 4.52. The lowest BCUT2D eigenvalue weighted by Crippen LogP contribution is -2.02. The number of hydrogen-bond acceptors (Lipinski definition) is 5. The van der Waals surface area contributed by atoms with Crippen LogP contribution in [0.1, 0.15) is 11.1 Å². The zero-order valence-corrected chi connectivity index (χ0v) is 11.7. The van der Waals surface area contributed by atoms with Crippen molar-refractivity contribution in [1.29, 1.82) is 0 Å². The largest absolute Gasteiger partial charge is 0.496 e. The van der Waals surface area contributed by atoms with Crippen molar-refractivity contribution in [2.45, 2.75) is 6.54 Å². The number of ether oxygens (including phenoxy) is 1. The molecule has 0 aliphatic rings. The quantitative estimate of drug-likeness (QED) is 0.496. The zero-order chi connectivity index (χ0) is 16.1. The summed E-state index contributed by atoms with van der Waals surface area (Å²) in [5.41, 5.74) is 1.31. The van der Waals surface area contributed by atoms with Crippen LogP contribution in [0.4, 0.5) is 5.69 Å². The van der Waals surface area contributed by atoms with Gasteiger partial charge in [-0.1, -0.05) is 6.07 Å². The average Bonchev–Trinajstić information content (AvgIpc) is 2.94. The predicted octanol–water partition coefficient (Wildman–Crippen LogP) is 1.95. The van der Waals surface area contributed by atoms with Crippen LogP contribution >= 0.6 is 0 Å². The van der Waals surface area contributed by atoms with Crippen LogP contribution in [0.2, 0.25) is 0 Å². The van der Waals surface area contributed by atoms with E-state index in [4.69, 9.17) is 9.84 Å². The van der Waals surface area contributed by atoms with Crippen LogP contribution in [-0.2, 0) is 11.3 Å². The molecule has 1 heterocycles. The summed E-state index contributed by atoms with van der Waals surface area (Å²) >= 11 is 0. The summed E-state index contributed by atoms with van der Waals surface area (Å²) < 4.78 is 6.65. The molecule has 1 aromatic heterocycles. The fourth-order valence-electron chi connectivity index (χ4n) is 1.90. The first-order valence-electron chi connectivity index (χ1n) is 6.24. The van der Waals surface area contributed by atoms with Crippen molar-refractivity contribution >= 4 is 17.7 Å². The fraction of sp³-hybridized carbons (Fsp3) is 0.143. The van der Waals surface area contributed by atoms with Crippen molar-refractivity contribution in [1.82, 2.24) is 9.78 Å². The maximum Gasteiger partial charge on any atom is 0.328 e. The summed E-state index contributed by atoms with van der Waals surface area (Å²) in [5.74, 6) is -0.453. The van der Waals surface area contributed by atoms with Gasteiger partial charge in [-0.15, -0.1) is 0 Å². The van der Waals surface area contributed by atoms with E-state index in [1.807, 2.05) is 0 Å². The lowest BCUT2D eigenvalue weighted by atomic mass is 10.1. The Hall–Kier alpha value is -3.16. The summed E-state index contributed by atoms with van der Waals surface area (Å²) in [6, 6.07) is 5.16. The third-order valence-corrected chi connectivity index (χ3v) is 2.89. The average molecular weight is 303 g/mol. The molecule has 22 heavy (non-hydrogen) atoms. The molecule has 0 aliphatic heterocycles. The van der Waals surface area contributed by atoms with Crippen LogP contribution in [0.3, 0.4) is 0 Å². The number of carboxylic acid groups (broad SMARTS) is 1. The Labute approximate surface area is 125 Å². The Balaban J connectivity index is 2.28. The van der Waals surface area contributed by atoms with E-state index in [1.54, 1.807) is 18.2 Å². The molecule has 2 rings (SSSR count). The molecule has 8 nitrogen and oxygen atoms in total. The minimum Gasteiger partial charge on any atom is -0.496 e. The molecule has 1 aromatic carbocycles.